The fraction of sp³-hybridized carbons (Fsp3) is 0. The third-order valence-electron chi connectivity index (χ3n) is 6.35. The molecular weight excluding hydrogens is 420 g/mol. The van der Waals surface area contributed by atoms with Crippen LogP contribution in [-0.4, -0.2) is 0 Å². The third-order valence-corrected chi connectivity index (χ3v) is 6.67. The summed E-state index contributed by atoms with van der Waals surface area (Å²) in [5.74, 6) is 0. The van der Waals surface area contributed by atoms with Crippen molar-refractivity contribution in [3.63, 3.8) is 0 Å². The number of benzene rings is 6. The Labute approximate surface area is 198 Å². The highest BCUT2D eigenvalue weighted by atomic mass is 35.5. The molecular formula is C32H21Cl. The maximum atomic E-state index is 6.96. The summed E-state index contributed by atoms with van der Waals surface area (Å²) in [6.45, 7) is 0. The van der Waals surface area contributed by atoms with Gasteiger partial charge in [0.25, 0.3) is 0 Å². The van der Waals surface area contributed by atoms with Crippen LogP contribution < -0.4 is 0 Å². The van der Waals surface area contributed by atoms with Crippen molar-refractivity contribution in [3.05, 3.63) is 132 Å². The van der Waals surface area contributed by atoms with Gasteiger partial charge >= 0.3 is 0 Å². The Hall–Kier alpha value is -3.87. The Balaban J connectivity index is 1.70. The van der Waals surface area contributed by atoms with E-state index in [1.807, 2.05) is 12.1 Å². The summed E-state index contributed by atoms with van der Waals surface area (Å²) in [4.78, 5) is 0. The number of halogens is 1. The van der Waals surface area contributed by atoms with Crippen LogP contribution in [0, 0.1) is 0 Å². The van der Waals surface area contributed by atoms with Gasteiger partial charge in [-0.25, -0.2) is 0 Å². The smallest absolute Gasteiger partial charge is 0.0490 e. The van der Waals surface area contributed by atoms with E-state index in [4.69, 9.17) is 11.6 Å². The van der Waals surface area contributed by atoms with Crippen LogP contribution in [0.5, 0.6) is 0 Å². The molecule has 0 bridgehead atoms. The molecule has 6 rings (SSSR count). The Morgan fingerprint density at radius 2 is 1.00 bits per heavy atom. The van der Waals surface area contributed by atoms with Gasteiger partial charge in [-0.2, -0.15) is 0 Å². The van der Waals surface area contributed by atoms with Gasteiger partial charge < -0.3 is 0 Å². The maximum Gasteiger partial charge on any atom is 0.0490 e. The van der Waals surface area contributed by atoms with Crippen LogP contribution in [0.15, 0.2) is 127 Å². The third kappa shape index (κ3) is 3.40. The van der Waals surface area contributed by atoms with E-state index < -0.39 is 0 Å². The Kier molecular flexibility index (Phi) is 4.94. The predicted octanol–water partition coefficient (Wildman–Crippen LogP) is 9.65. The van der Waals surface area contributed by atoms with E-state index in [-0.39, 0.29) is 0 Å². The van der Waals surface area contributed by atoms with Gasteiger partial charge in [0.05, 0.1) is 0 Å². The van der Waals surface area contributed by atoms with Crippen molar-refractivity contribution in [2.45, 2.75) is 0 Å². The second-order valence-corrected chi connectivity index (χ2v) is 8.67. The van der Waals surface area contributed by atoms with Crippen LogP contribution in [0.25, 0.3) is 54.9 Å². The first-order valence-corrected chi connectivity index (χ1v) is 11.5. The van der Waals surface area contributed by atoms with E-state index in [0.29, 0.717) is 0 Å². The van der Waals surface area contributed by atoms with Crippen LogP contribution in [0.2, 0.25) is 5.02 Å². The lowest BCUT2D eigenvalue weighted by atomic mass is 9.86. The van der Waals surface area contributed by atoms with Crippen LogP contribution in [0.3, 0.4) is 0 Å². The average molecular weight is 441 g/mol. The quantitative estimate of drug-likeness (QED) is 0.240. The molecule has 156 valence electrons. The van der Waals surface area contributed by atoms with Gasteiger partial charge in [0.1, 0.15) is 0 Å². The molecule has 0 saturated heterocycles. The Bertz CT molecular complexity index is 1610. The van der Waals surface area contributed by atoms with Crippen molar-refractivity contribution in [1.29, 1.82) is 0 Å². The molecule has 0 aliphatic carbocycles. The molecule has 0 N–H and O–H groups in total. The molecule has 0 fully saturated rings. The summed E-state index contributed by atoms with van der Waals surface area (Å²) in [7, 11) is 0. The average Bonchev–Trinajstić information content (AvgIpc) is 2.89. The van der Waals surface area contributed by atoms with Crippen molar-refractivity contribution in [1.82, 2.24) is 0 Å². The number of rotatable bonds is 3. The summed E-state index contributed by atoms with van der Waals surface area (Å²) >= 11 is 6.96. The lowest BCUT2D eigenvalue weighted by molar-refractivity contribution is 1.57. The highest BCUT2D eigenvalue weighted by Crippen LogP contribution is 2.45. The van der Waals surface area contributed by atoms with Crippen LogP contribution in [0.4, 0.5) is 0 Å². The van der Waals surface area contributed by atoms with E-state index >= 15 is 0 Å². The van der Waals surface area contributed by atoms with Gasteiger partial charge in [-0.05, 0) is 61.5 Å². The van der Waals surface area contributed by atoms with Crippen molar-refractivity contribution in [2.24, 2.45) is 0 Å². The molecule has 0 aliphatic rings. The van der Waals surface area contributed by atoms with Gasteiger partial charge in [-0.3, -0.25) is 0 Å². The molecule has 6 aromatic carbocycles. The molecule has 0 nitrogen and oxygen atoms in total. The van der Waals surface area contributed by atoms with Crippen LogP contribution >= 0.6 is 11.6 Å². The van der Waals surface area contributed by atoms with Gasteiger partial charge in [0, 0.05) is 10.6 Å². The first-order valence-electron chi connectivity index (χ1n) is 11.2. The molecule has 1 heteroatoms. The van der Waals surface area contributed by atoms with Gasteiger partial charge in [-0.15, -0.1) is 0 Å². The predicted molar refractivity (Wildman–Crippen MR) is 143 cm³/mol. The maximum absolute atomic E-state index is 6.96. The fourth-order valence-corrected chi connectivity index (χ4v) is 5.15. The summed E-state index contributed by atoms with van der Waals surface area (Å²) in [5, 5.41) is 5.69. The molecule has 0 radical (unpaired) electrons. The summed E-state index contributed by atoms with van der Waals surface area (Å²) < 4.78 is 0. The monoisotopic (exact) mass is 440 g/mol. The van der Waals surface area contributed by atoms with Crippen LogP contribution in [-0.2, 0) is 0 Å². The van der Waals surface area contributed by atoms with E-state index in [1.165, 1.54) is 38.2 Å². The first kappa shape index (κ1) is 19.8. The lowest BCUT2D eigenvalue weighted by Crippen LogP contribution is -1.92. The van der Waals surface area contributed by atoms with E-state index in [9.17, 15) is 0 Å². The molecule has 0 heterocycles. The summed E-state index contributed by atoms with van der Waals surface area (Å²) in [6, 6.07) is 44.8. The number of fused-ring (bicyclic) bond motifs is 3. The number of hydrogen-bond donors (Lipinski definition) is 0. The standard InChI is InChI=1S/C32H21Cl/c33-31-20-10-19-29(27-17-7-6-14-24(27)22-11-2-1-3-12-22)32(31)30-21-23-13-4-5-15-25(23)26-16-8-9-18-28(26)30/h1-21H. The van der Waals surface area contributed by atoms with Gasteiger partial charge in [0.15, 0.2) is 0 Å². The van der Waals surface area contributed by atoms with Crippen molar-refractivity contribution >= 4 is 33.1 Å². The fourth-order valence-electron chi connectivity index (χ4n) is 4.87. The van der Waals surface area contributed by atoms with Crippen molar-refractivity contribution < 1.29 is 0 Å². The zero-order chi connectivity index (χ0) is 22.2. The van der Waals surface area contributed by atoms with E-state index in [0.717, 1.165) is 21.7 Å². The second-order valence-electron chi connectivity index (χ2n) is 8.26. The normalized spacial score (nSPS) is 11.2. The minimum Gasteiger partial charge on any atom is -0.0836 e. The largest absolute Gasteiger partial charge is 0.0836 e. The molecule has 0 unspecified atom stereocenters. The molecule has 0 spiro atoms. The highest BCUT2D eigenvalue weighted by Gasteiger charge is 2.17. The molecule has 33 heavy (non-hydrogen) atoms. The zero-order valence-corrected chi connectivity index (χ0v) is 18.8. The molecule has 0 amide bonds. The van der Waals surface area contributed by atoms with Gasteiger partial charge in [0.2, 0.25) is 0 Å². The Morgan fingerprint density at radius 1 is 0.394 bits per heavy atom. The first-order chi connectivity index (χ1) is 16.3. The Morgan fingerprint density at radius 3 is 1.82 bits per heavy atom. The zero-order valence-electron chi connectivity index (χ0n) is 18.0. The van der Waals surface area contributed by atoms with Crippen LogP contribution in [0.1, 0.15) is 0 Å². The molecule has 0 atom stereocenters. The molecule has 0 aliphatic heterocycles. The van der Waals surface area contributed by atoms with Crippen molar-refractivity contribution in [2.75, 3.05) is 0 Å². The number of hydrogen-bond acceptors (Lipinski definition) is 0. The SMILES string of the molecule is Clc1cccc(-c2ccccc2-c2ccccc2)c1-c1cc2ccccc2c2ccccc12. The molecule has 6 aromatic rings. The highest BCUT2D eigenvalue weighted by molar-refractivity contribution is 6.35. The second kappa shape index (κ2) is 8.24. The molecule has 0 saturated carbocycles. The topological polar surface area (TPSA) is 0 Å². The van der Waals surface area contributed by atoms with Gasteiger partial charge in [-0.1, -0.05) is 127 Å². The van der Waals surface area contributed by atoms with E-state index in [2.05, 4.69) is 115 Å². The minimum atomic E-state index is 0.760. The van der Waals surface area contributed by atoms with Crippen molar-refractivity contribution in [3.8, 4) is 33.4 Å². The minimum absolute atomic E-state index is 0.760. The lowest BCUT2D eigenvalue weighted by Gasteiger charge is -2.18. The van der Waals surface area contributed by atoms with E-state index in [1.54, 1.807) is 0 Å². The summed E-state index contributed by atoms with van der Waals surface area (Å²) in [6.07, 6.45) is 0. The molecule has 0 aromatic heterocycles. The summed E-state index contributed by atoms with van der Waals surface area (Å²) in [5.41, 5.74) is 6.95.